The number of carbonyl (C=O) groups is 1. The van der Waals surface area contributed by atoms with Gasteiger partial charge >= 0.3 is 0 Å². The molecule has 1 aromatic rings. The Bertz CT molecular complexity index is 554. The van der Waals surface area contributed by atoms with Crippen molar-refractivity contribution in [3.8, 4) is 0 Å². The molecule has 0 aromatic heterocycles. The van der Waals surface area contributed by atoms with Crippen molar-refractivity contribution < 1.29 is 17.6 Å². The molecule has 0 saturated carbocycles. The van der Waals surface area contributed by atoms with Gasteiger partial charge in [0.2, 0.25) is 5.91 Å². The lowest BCUT2D eigenvalue weighted by molar-refractivity contribution is -0.121. The molecule has 1 aliphatic rings. The number of hydrogen-bond donors (Lipinski definition) is 1. The first-order valence-electron chi connectivity index (χ1n) is 6.19. The minimum absolute atomic E-state index is 0.0370. The summed E-state index contributed by atoms with van der Waals surface area (Å²) < 4.78 is 35.2. The Labute approximate surface area is 111 Å². The highest BCUT2D eigenvalue weighted by molar-refractivity contribution is 7.91. The van der Waals surface area contributed by atoms with E-state index >= 15 is 0 Å². The van der Waals surface area contributed by atoms with Crippen LogP contribution in [0.3, 0.4) is 0 Å². The third-order valence-electron chi connectivity index (χ3n) is 3.15. The van der Waals surface area contributed by atoms with Gasteiger partial charge in [0.15, 0.2) is 9.84 Å². The lowest BCUT2D eigenvalue weighted by atomic mass is 10.1. The normalized spacial score (nSPS) is 21.2. The zero-order valence-corrected chi connectivity index (χ0v) is 11.2. The molecule has 1 unspecified atom stereocenters. The van der Waals surface area contributed by atoms with Gasteiger partial charge in [0, 0.05) is 12.5 Å². The van der Waals surface area contributed by atoms with E-state index in [-0.39, 0.29) is 35.7 Å². The van der Waals surface area contributed by atoms with Gasteiger partial charge in [-0.15, -0.1) is 0 Å². The van der Waals surface area contributed by atoms with Gasteiger partial charge in [-0.1, -0.05) is 12.1 Å². The van der Waals surface area contributed by atoms with Gasteiger partial charge < -0.3 is 5.32 Å². The minimum Gasteiger partial charge on any atom is -0.352 e. The maximum Gasteiger partial charge on any atom is 0.220 e. The van der Waals surface area contributed by atoms with E-state index in [1.807, 2.05) is 0 Å². The molecule has 6 heteroatoms. The Kier molecular flexibility index (Phi) is 4.19. The number of amides is 1. The van der Waals surface area contributed by atoms with Crippen LogP contribution in [0.5, 0.6) is 0 Å². The van der Waals surface area contributed by atoms with Crippen molar-refractivity contribution in [2.45, 2.75) is 25.3 Å². The molecular formula is C13H16FNO3S. The number of benzene rings is 1. The lowest BCUT2D eigenvalue weighted by Crippen LogP contribution is -2.35. The predicted octanol–water partition coefficient (Wildman–Crippen LogP) is 1.06. The van der Waals surface area contributed by atoms with Gasteiger partial charge in [-0.05, 0) is 30.5 Å². The molecule has 1 fully saturated rings. The summed E-state index contributed by atoms with van der Waals surface area (Å²) in [5, 5.41) is 2.72. The largest absolute Gasteiger partial charge is 0.352 e. The first-order chi connectivity index (χ1) is 8.94. The van der Waals surface area contributed by atoms with Crippen LogP contribution in [0, 0.1) is 5.82 Å². The second-order valence-corrected chi connectivity index (χ2v) is 7.02. The zero-order chi connectivity index (χ0) is 13.9. The first-order valence-corrected chi connectivity index (χ1v) is 8.01. The average Bonchev–Trinajstić information content (AvgIpc) is 2.68. The van der Waals surface area contributed by atoms with Crippen LogP contribution in [0.25, 0.3) is 0 Å². The average molecular weight is 285 g/mol. The summed E-state index contributed by atoms with van der Waals surface area (Å²) in [6.07, 6.45) is 1.29. The molecule has 1 aromatic carbocycles. The fourth-order valence-electron chi connectivity index (χ4n) is 2.12. The standard InChI is InChI=1S/C13H16FNO3S/c14-11-4-1-10(2-5-11)3-6-13(16)15-12-7-8-19(17,18)9-12/h1-2,4-5,12H,3,6-9H2,(H,15,16). The van der Waals surface area contributed by atoms with Gasteiger partial charge in [-0.25, -0.2) is 12.8 Å². The third-order valence-corrected chi connectivity index (χ3v) is 4.92. The van der Waals surface area contributed by atoms with Gasteiger partial charge in [-0.3, -0.25) is 4.79 Å². The van der Waals surface area contributed by atoms with Crippen LogP contribution in [0.2, 0.25) is 0 Å². The Morgan fingerprint density at radius 2 is 2.00 bits per heavy atom. The second-order valence-electron chi connectivity index (χ2n) is 4.79. The SMILES string of the molecule is O=C(CCc1ccc(F)cc1)NC1CCS(=O)(=O)C1. The number of carbonyl (C=O) groups excluding carboxylic acids is 1. The topological polar surface area (TPSA) is 63.2 Å². The van der Waals surface area contributed by atoms with E-state index in [2.05, 4.69) is 5.32 Å². The fraction of sp³-hybridized carbons (Fsp3) is 0.462. The number of aryl methyl sites for hydroxylation is 1. The molecule has 1 N–H and O–H groups in total. The molecule has 0 aliphatic carbocycles. The Morgan fingerprint density at radius 1 is 1.32 bits per heavy atom. The third kappa shape index (κ3) is 4.31. The highest BCUT2D eigenvalue weighted by atomic mass is 32.2. The van der Waals surface area contributed by atoms with Crippen LogP contribution in [0.4, 0.5) is 4.39 Å². The molecule has 1 saturated heterocycles. The maximum absolute atomic E-state index is 12.7. The van der Waals surface area contributed by atoms with Crippen molar-refractivity contribution in [2.75, 3.05) is 11.5 Å². The number of sulfone groups is 1. The quantitative estimate of drug-likeness (QED) is 0.900. The summed E-state index contributed by atoms with van der Waals surface area (Å²) in [6, 6.07) is 5.74. The summed E-state index contributed by atoms with van der Waals surface area (Å²) in [4.78, 5) is 11.7. The number of nitrogens with one attached hydrogen (secondary N) is 1. The smallest absolute Gasteiger partial charge is 0.220 e. The highest BCUT2D eigenvalue weighted by Gasteiger charge is 2.28. The van der Waals surface area contributed by atoms with Gasteiger partial charge in [-0.2, -0.15) is 0 Å². The van der Waals surface area contributed by atoms with Crippen LogP contribution in [0.1, 0.15) is 18.4 Å². The van der Waals surface area contributed by atoms with Crippen molar-refractivity contribution in [3.63, 3.8) is 0 Å². The van der Waals surface area contributed by atoms with Crippen LogP contribution in [-0.2, 0) is 21.1 Å². The number of rotatable bonds is 4. The summed E-state index contributed by atoms with van der Waals surface area (Å²) in [5.41, 5.74) is 0.885. The molecule has 4 nitrogen and oxygen atoms in total. The molecule has 19 heavy (non-hydrogen) atoms. The van der Waals surface area contributed by atoms with E-state index in [0.717, 1.165) is 5.56 Å². The van der Waals surface area contributed by atoms with Crippen molar-refractivity contribution in [1.82, 2.24) is 5.32 Å². The molecule has 2 rings (SSSR count). The van der Waals surface area contributed by atoms with Crippen LogP contribution >= 0.6 is 0 Å². The lowest BCUT2D eigenvalue weighted by Gasteiger charge is -2.10. The molecule has 1 heterocycles. The second kappa shape index (κ2) is 5.69. The fourth-order valence-corrected chi connectivity index (χ4v) is 3.79. The minimum atomic E-state index is -2.97. The Hall–Kier alpha value is -1.43. The van der Waals surface area contributed by atoms with Gasteiger partial charge in [0.1, 0.15) is 5.82 Å². The molecule has 1 aliphatic heterocycles. The Morgan fingerprint density at radius 3 is 2.58 bits per heavy atom. The van der Waals surface area contributed by atoms with E-state index in [1.54, 1.807) is 12.1 Å². The van der Waals surface area contributed by atoms with Gasteiger partial charge in [0.05, 0.1) is 11.5 Å². The van der Waals surface area contributed by atoms with Crippen molar-refractivity contribution in [1.29, 1.82) is 0 Å². The molecule has 0 radical (unpaired) electrons. The summed E-state index contributed by atoms with van der Waals surface area (Å²) >= 11 is 0. The van der Waals surface area contributed by atoms with Crippen molar-refractivity contribution in [3.05, 3.63) is 35.6 Å². The summed E-state index contributed by atoms with van der Waals surface area (Å²) in [7, 11) is -2.97. The monoisotopic (exact) mass is 285 g/mol. The first kappa shape index (κ1) is 14.0. The maximum atomic E-state index is 12.7. The van der Waals surface area contributed by atoms with E-state index in [0.29, 0.717) is 12.8 Å². The van der Waals surface area contributed by atoms with Crippen molar-refractivity contribution in [2.24, 2.45) is 0 Å². The van der Waals surface area contributed by atoms with E-state index in [1.165, 1.54) is 12.1 Å². The molecular weight excluding hydrogens is 269 g/mol. The highest BCUT2D eigenvalue weighted by Crippen LogP contribution is 2.12. The van der Waals surface area contributed by atoms with Gasteiger partial charge in [0.25, 0.3) is 0 Å². The van der Waals surface area contributed by atoms with E-state index in [9.17, 15) is 17.6 Å². The molecule has 0 spiro atoms. The Balaban J connectivity index is 1.77. The number of hydrogen-bond acceptors (Lipinski definition) is 3. The van der Waals surface area contributed by atoms with E-state index in [4.69, 9.17) is 0 Å². The van der Waals surface area contributed by atoms with Crippen molar-refractivity contribution >= 4 is 15.7 Å². The number of halogens is 1. The summed E-state index contributed by atoms with van der Waals surface area (Å²) in [5.74, 6) is -0.277. The van der Waals surface area contributed by atoms with Crippen LogP contribution in [0.15, 0.2) is 24.3 Å². The molecule has 1 amide bonds. The van der Waals surface area contributed by atoms with Crippen LogP contribution < -0.4 is 5.32 Å². The zero-order valence-electron chi connectivity index (χ0n) is 10.4. The molecule has 1 atom stereocenters. The van der Waals surface area contributed by atoms with E-state index < -0.39 is 9.84 Å². The predicted molar refractivity (Wildman–Crippen MR) is 69.9 cm³/mol. The molecule has 0 bridgehead atoms. The molecule has 104 valence electrons. The van der Waals surface area contributed by atoms with Crippen LogP contribution in [-0.4, -0.2) is 31.9 Å². The summed E-state index contributed by atoms with van der Waals surface area (Å²) in [6.45, 7) is 0.